The molecule has 1 aromatic heterocycles. The Hall–Kier alpha value is -1.12. The molecule has 1 aromatic rings. The van der Waals surface area contributed by atoms with E-state index < -0.39 is 38.2 Å². The van der Waals surface area contributed by atoms with Crippen LogP contribution in [0.15, 0.2) is 11.4 Å². The smallest absolute Gasteiger partial charge is 0.242 e. The first-order chi connectivity index (χ1) is 11.1. The Bertz CT molecular complexity index is 746. The van der Waals surface area contributed by atoms with Crippen molar-refractivity contribution in [2.24, 2.45) is 0 Å². The maximum Gasteiger partial charge on any atom is 0.242 e. The predicted octanol–water partition coefficient (Wildman–Crippen LogP) is 1.79. The molecule has 2 atom stereocenters. The van der Waals surface area contributed by atoms with Gasteiger partial charge in [0.05, 0.1) is 10.9 Å². The number of ether oxygens (including phenoxy) is 1. The average Bonchev–Trinajstić information content (AvgIpc) is 3.11. The fourth-order valence-corrected chi connectivity index (χ4v) is 5.96. The molecule has 3 rings (SSSR count). The molecular formula is C16H23NO5S2. The lowest BCUT2D eigenvalue weighted by Crippen LogP contribution is -2.57. The van der Waals surface area contributed by atoms with Crippen LogP contribution in [-0.4, -0.2) is 42.1 Å². The number of amides is 1. The zero-order chi connectivity index (χ0) is 17.8. The molecule has 1 fully saturated rings. The summed E-state index contributed by atoms with van der Waals surface area (Å²) < 4.78 is 29.0. The maximum absolute atomic E-state index is 12.9. The van der Waals surface area contributed by atoms with Gasteiger partial charge in [-0.1, -0.05) is 12.8 Å². The highest BCUT2D eigenvalue weighted by Crippen LogP contribution is 2.44. The molecule has 0 saturated heterocycles. The van der Waals surface area contributed by atoms with Crippen molar-refractivity contribution < 1.29 is 23.1 Å². The van der Waals surface area contributed by atoms with Crippen LogP contribution in [0.4, 0.5) is 0 Å². The van der Waals surface area contributed by atoms with E-state index in [2.05, 4.69) is 5.32 Å². The third-order valence-electron chi connectivity index (χ3n) is 5.16. The number of sulfone groups is 1. The number of carbonyl (C=O) groups is 1. The molecule has 0 radical (unpaired) electrons. The molecule has 1 aliphatic carbocycles. The molecule has 1 amide bonds. The first-order valence-corrected chi connectivity index (χ1v) is 10.8. The van der Waals surface area contributed by atoms with Crippen molar-refractivity contribution in [2.45, 2.75) is 62.0 Å². The van der Waals surface area contributed by atoms with E-state index in [0.717, 1.165) is 11.1 Å². The Morgan fingerprint density at radius 3 is 2.58 bits per heavy atom. The predicted molar refractivity (Wildman–Crippen MR) is 92.0 cm³/mol. The Morgan fingerprint density at radius 2 is 2.00 bits per heavy atom. The lowest BCUT2D eigenvalue weighted by Gasteiger charge is -2.41. The van der Waals surface area contributed by atoms with Gasteiger partial charge in [0.1, 0.15) is 22.2 Å². The quantitative estimate of drug-likeness (QED) is 0.843. The Labute approximate surface area is 146 Å². The topological polar surface area (TPSA) is 92.7 Å². The summed E-state index contributed by atoms with van der Waals surface area (Å²) in [4.78, 5) is 13.7. The van der Waals surface area contributed by atoms with Crippen LogP contribution in [0.2, 0.25) is 0 Å². The molecule has 24 heavy (non-hydrogen) atoms. The molecule has 0 aromatic carbocycles. The summed E-state index contributed by atoms with van der Waals surface area (Å²) in [6.07, 6.45) is 2.25. The van der Waals surface area contributed by atoms with Crippen molar-refractivity contribution in [1.29, 1.82) is 0 Å². The molecule has 6 nitrogen and oxygen atoms in total. The third kappa shape index (κ3) is 2.64. The minimum atomic E-state index is -3.55. The van der Waals surface area contributed by atoms with Crippen molar-refractivity contribution in [3.8, 4) is 5.75 Å². The first-order valence-electron chi connectivity index (χ1n) is 8.03. The van der Waals surface area contributed by atoms with E-state index in [1.165, 1.54) is 11.3 Å². The number of nitrogens with one attached hydrogen (secondary N) is 1. The fourth-order valence-electron chi connectivity index (χ4n) is 3.64. The zero-order valence-electron chi connectivity index (χ0n) is 14.0. The molecule has 1 saturated carbocycles. The van der Waals surface area contributed by atoms with Crippen LogP contribution in [0.5, 0.6) is 5.75 Å². The van der Waals surface area contributed by atoms with Crippen molar-refractivity contribution in [1.82, 2.24) is 5.32 Å². The van der Waals surface area contributed by atoms with E-state index in [1.807, 2.05) is 5.38 Å². The average molecular weight is 373 g/mol. The van der Waals surface area contributed by atoms with E-state index in [0.29, 0.717) is 31.4 Å². The molecule has 0 spiro atoms. The van der Waals surface area contributed by atoms with E-state index in [-0.39, 0.29) is 0 Å². The monoisotopic (exact) mass is 373 g/mol. The molecule has 1 aliphatic heterocycles. The third-order valence-corrected chi connectivity index (χ3v) is 8.16. The normalized spacial score (nSPS) is 28.0. The van der Waals surface area contributed by atoms with Gasteiger partial charge in [-0.25, -0.2) is 8.42 Å². The second kappa shape index (κ2) is 5.71. The second-order valence-corrected chi connectivity index (χ2v) is 10.5. The van der Waals surface area contributed by atoms with Crippen LogP contribution in [0.3, 0.4) is 0 Å². The molecule has 134 valence electrons. The van der Waals surface area contributed by atoms with Gasteiger partial charge >= 0.3 is 0 Å². The summed E-state index contributed by atoms with van der Waals surface area (Å²) in [5.41, 5.74) is -0.875. The van der Waals surface area contributed by atoms with Gasteiger partial charge in [-0.2, -0.15) is 0 Å². The van der Waals surface area contributed by atoms with Crippen molar-refractivity contribution in [3.63, 3.8) is 0 Å². The number of fused-ring (bicyclic) bond motifs is 1. The van der Waals surface area contributed by atoms with Crippen molar-refractivity contribution in [3.05, 3.63) is 16.3 Å². The second-order valence-electron chi connectivity index (χ2n) is 7.22. The lowest BCUT2D eigenvalue weighted by molar-refractivity contribution is -0.127. The molecule has 8 heteroatoms. The number of hydrogen-bond acceptors (Lipinski definition) is 6. The van der Waals surface area contributed by atoms with Crippen LogP contribution in [0.1, 0.15) is 50.4 Å². The fraction of sp³-hybridized carbons (Fsp3) is 0.688. The number of aliphatic hydroxyl groups excluding tert-OH is 1. The first kappa shape index (κ1) is 17.7. The van der Waals surface area contributed by atoms with Gasteiger partial charge in [-0.15, -0.1) is 11.3 Å². The standard InChI is InChI=1S/C16H23NO5S2/c1-15(2)13(18)11(12-10(22-15)6-9-23-12)17-14(19)16(24(3,20)21)7-4-5-8-16/h6,9,11,13,18H,4-5,7-8H2,1-3H3,(H,17,19)/t11-,13+/m1/s1. The minimum Gasteiger partial charge on any atom is -0.484 e. The van der Waals surface area contributed by atoms with E-state index in [1.54, 1.807) is 19.9 Å². The molecule has 2 N–H and O–H groups in total. The van der Waals surface area contributed by atoms with Crippen LogP contribution < -0.4 is 10.1 Å². The van der Waals surface area contributed by atoms with Gasteiger partial charge in [0.2, 0.25) is 5.91 Å². The SMILES string of the molecule is CC1(C)Oc2ccsc2[C@@H](NC(=O)C2(S(C)(=O)=O)CCCC2)[C@@H]1O. The maximum atomic E-state index is 12.9. The molecule has 2 aliphatic rings. The van der Waals surface area contributed by atoms with Crippen LogP contribution in [-0.2, 0) is 14.6 Å². The Morgan fingerprint density at radius 1 is 1.38 bits per heavy atom. The largest absolute Gasteiger partial charge is 0.484 e. The van der Waals surface area contributed by atoms with Gasteiger partial charge in [0.25, 0.3) is 0 Å². The van der Waals surface area contributed by atoms with Crippen molar-refractivity contribution >= 4 is 27.1 Å². The van der Waals surface area contributed by atoms with E-state index >= 15 is 0 Å². The van der Waals surface area contributed by atoms with Gasteiger partial charge < -0.3 is 15.2 Å². The number of hydrogen-bond donors (Lipinski definition) is 2. The summed E-state index contributed by atoms with van der Waals surface area (Å²) in [5.74, 6) is 0.115. The Balaban J connectivity index is 1.94. The lowest BCUT2D eigenvalue weighted by atomic mass is 9.90. The van der Waals surface area contributed by atoms with Crippen LogP contribution in [0.25, 0.3) is 0 Å². The zero-order valence-corrected chi connectivity index (χ0v) is 15.7. The van der Waals surface area contributed by atoms with Gasteiger partial charge in [-0.05, 0) is 38.1 Å². The van der Waals surface area contributed by atoms with Crippen molar-refractivity contribution in [2.75, 3.05) is 6.26 Å². The molecule has 2 heterocycles. The van der Waals surface area contributed by atoms with E-state index in [9.17, 15) is 18.3 Å². The van der Waals surface area contributed by atoms with Crippen LogP contribution in [0, 0.1) is 0 Å². The van der Waals surface area contributed by atoms with Gasteiger partial charge in [-0.3, -0.25) is 4.79 Å². The highest BCUT2D eigenvalue weighted by Gasteiger charge is 2.52. The summed E-state index contributed by atoms with van der Waals surface area (Å²) in [6.45, 7) is 3.50. The highest BCUT2D eigenvalue weighted by atomic mass is 32.2. The Kier molecular flexibility index (Phi) is 4.21. The summed E-state index contributed by atoms with van der Waals surface area (Å²) in [7, 11) is -3.55. The number of aliphatic hydroxyl groups is 1. The number of rotatable bonds is 3. The highest BCUT2D eigenvalue weighted by molar-refractivity contribution is 7.92. The molecule has 0 bridgehead atoms. The molecular weight excluding hydrogens is 350 g/mol. The summed E-state index contributed by atoms with van der Waals surface area (Å²) in [6, 6.07) is 1.13. The van der Waals surface area contributed by atoms with Crippen LogP contribution >= 0.6 is 11.3 Å². The van der Waals surface area contributed by atoms with E-state index in [4.69, 9.17) is 4.74 Å². The van der Waals surface area contributed by atoms with Gasteiger partial charge in [0, 0.05) is 6.26 Å². The molecule has 0 unspecified atom stereocenters. The number of thiophene rings is 1. The number of carbonyl (C=O) groups excluding carboxylic acids is 1. The van der Waals surface area contributed by atoms with Gasteiger partial charge in [0.15, 0.2) is 9.84 Å². The summed E-state index contributed by atoms with van der Waals surface area (Å²) >= 11 is 1.38. The summed E-state index contributed by atoms with van der Waals surface area (Å²) in [5, 5.41) is 15.3. The minimum absolute atomic E-state index is 0.331.